The number of hydrogen-bond acceptors (Lipinski definition) is 10. The Morgan fingerprint density at radius 1 is 0.481 bits per heavy atom. The van der Waals surface area contributed by atoms with Crippen LogP contribution in [0.1, 0.15) is 258 Å². The van der Waals surface area contributed by atoms with Gasteiger partial charge >= 0.3 is 5.97 Å². The van der Waals surface area contributed by atoms with Gasteiger partial charge in [0.25, 0.3) is 0 Å². The van der Waals surface area contributed by atoms with E-state index >= 15 is 0 Å². The smallest absolute Gasteiger partial charge is 0.306 e. The molecule has 0 spiro atoms. The van der Waals surface area contributed by atoms with E-state index in [1.54, 1.807) is 6.08 Å². The highest BCUT2D eigenvalue weighted by molar-refractivity contribution is 5.80. The maximum Gasteiger partial charge on any atom is 0.306 e. The van der Waals surface area contributed by atoms with Crippen molar-refractivity contribution < 1.29 is 49.3 Å². The molecule has 1 amide bonds. The van der Waals surface area contributed by atoms with E-state index in [1.165, 1.54) is 109 Å². The molecule has 81 heavy (non-hydrogen) atoms. The number of unbranched alkanes of at least 4 members (excludes halogenated alkanes) is 24. The molecule has 464 valence electrons. The van der Waals surface area contributed by atoms with Crippen LogP contribution in [-0.4, -0.2) is 99.6 Å². The maximum atomic E-state index is 13.4. The molecule has 0 radical (unpaired) electrons. The summed E-state index contributed by atoms with van der Waals surface area (Å²) in [5.74, 6) is -1.27. The lowest BCUT2D eigenvalue weighted by molar-refractivity contribution is -0.305. The van der Waals surface area contributed by atoms with Crippen LogP contribution in [0.5, 0.6) is 0 Å². The highest BCUT2D eigenvalue weighted by Gasteiger charge is 2.47. The summed E-state index contributed by atoms with van der Waals surface area (Å²) >= 11 is 0. The van der Waals surface area contributed by atoms with Crippen molar-refractivity contribution in [2.45, 2.75) is 307 Å². The van der Waals surface area contributed by atoms with Crippen molar-refractivity contribution in [3.8, 4) is 0 Å². The van der Waals surface area contributed by atoms with E-state index in [2.05, 4.69) is 111 Å². The van der Waals surface area contributed by atoms with Gasteiger partial charge < -0.3 is 45.1 Å². The van der Waals surface area contributed by atoms with Gasteiger partial charge in [-0.15, -0.1) is 0 Å². The average molecular weight is 1130 g/mol. The van der Waals surface area contributed by atoms with Gasteiger partial charge in [-0.2, -0.15) is 0 Å². The first-order valence-electron chi connectivity index (χ1n) is 32.7. The Labute approximate surface area is 494 Å². The van der Waals surface area contributed by atoms with E-state index in [9.17, 15) is 35.1 Å². The van der Waals surface area contributed by atoms with Gasteiger partial charge in [0, 0.05) is 6.42 Å². The van der Waals surface area contributed by atoms with Crippen LogP contribution in [0.4, 0.5) is 0 Å². The summed E-state index contributed by atoms with van der Waals surface area (Å²) in [5, 5.41) is 56.9. The van der Waals surface area contributed by atoms with Crippen molar-refractivity contribution in [2.75, 3.05) is 13.2 Å². The molecule has 1 aliphatic rings. The Morgan fingerprint density at radius 2 is 0.852 bits per heavy atom. The number of nitrogens with one attached hydrogen (secondary N) is 1. The summed E-state index contributed by atoms with van der Waals surface area (Å²) in [5.41, 5.74) is 0. The molecule has 1 saturated heterocycles. The number of carbonyl (C=O) groups excluding carboxylic acids is 2. The molecule has 8 unspecified atom stereocenters. The molecule has 0 aromatic rings. The zero-order chi connectivity index (χ0) is 58.9. The van der Waals surface area contributed by atoms with E-state index in [0.717, 1.165) is 103 Å². The monoisotopic (exact) mass is 1130 g/mol. The van der Waals surface area contributed by atoms with Gasteiger partial charge in [0.1, 0.15) is 24.4 Å². The highest BCUT2D eigenvalue weighted by atomic mass is 16.7. The summed E-state index contributed by atoms with van der Waals surface area (Å²) in [4.78, 5) is 26.6. The topological polar surface area (TPSA) is 175 Å². The second kappa shape index (κ2) is 56.8. The van der Waals surface area contributed by atoms with Gasteiger partial charge in [0.15, 0.2) is 12.4 Å². The molecule has 1 heterocycles. The van der Waals surface area contributed by atoms with Gasteiger partial charge in [-0.1, -0.05) is 252 Å². The number of aliphatic hydroxyl groups excluding tert-OH is 5. The second-order valence-electron chi connectivity index (χ2n) is 22.1. The van der Waals surface area contributed by atoms with Gasteiger partial charge in [0.05, 0.1) is 25.4 Å². The molecular formula is C70H119NO10. The van der Waals surface area contributed by atoms with E-state index in [0.29, 0.717) is 12.8 Å². The second-order valence-corrected chi connectivity index (χ2v) is 22.1. The lowest BCUT2D eigenvalue weighted by Crippen LogP contribution is -2.61. The number of allylic oxidation sites excluding steroid dienone is 17. The zero-order valence-corrected chi connectivity index (χ0v) is 51.4. The standard InChI is InChI=1S/C70H119NO10/c1-4-7-10-13-16-19-22-24-26-28-29-30-31-32-33-34-35-36-38-40-43-46-49-52-55-58-65(75)81-68-67(77)66(76)64(59-72)80-70(68)79-60-61(62(73)56-53-50-47-44-41-21-18-15-12-9-6-3)71-69(78)63(74)57-54-51-48-45-42-39-37-27-25-23-20-17-14-11-8-5-2/h16-17,19-20,24-27,29-30,32-33,39,42,48,51,53,56,61-64,66-68,70,72-74,76-77H,4-15,18,21-23,28,31,34-38,40-41,43-47,49-50,52,54-55,57-60H2,1-3H3,(H,71,78)/b19-16-,20-17-,26-24-,27-25-,30-29-,33-32-,42-39-,51-48-,56-53+. The maximum absolute atomic E-state index is 13.4. The molecule has 8 atom stereocenters. The fourth-order valence-corrected chi connectivity index (χ4v) is 9.45. The van der Waals surface area contributed by atoms with Gasteiger partial charge in [-0.05, 0) is 109 Å². The minimum atomic E-state index is -1.63. The Kier molecular flexibility index (Phi) is 52.8. The molecule has 1 aliphatic heterocycles. The van der Waals surface area contributed by atoms with Crippen LogP contribution in [0.15, 0.2) is 109 Å². The molecule has 1 rings (SSSR count). The third kappa shape index (κ3) is 44.5. The molecule has 0 aromatic carbocycles. The van der Waals surface area contributed by atoms with Crippen molar-refractivity contribution in [3.05, 3.63) is 109 Å². The van der Waals surface area contributed by atoms with E-state index < -0.39 is 67.4 Å². The first kappa shape index (κ1) is 75.3. The van der Waals surface area contributed by atoms with Crippen LogP contribution in [0.3, 0.4) is 0 Å². The number of hydrogen-bond donors (Lipinski definition) is 6. The Bertz CT molecular complexity index is 1730. The number of esters is 1. The van der Waals surface area contributed by atoms with Crippen LogP contribution < -0.4 is 5.32 Å². The lowest BCUT2D eigenvalue weighted by Gasteiger charge is -2.41. The molecule has 11 heteroatoms. The van der Waals surface area contributed by atoms with Crippen LogP contribution in [0.25, 0.3) is 0 Å². The number of rotatable bonds is 54. The van der Waals surface area contributed by atoms with E-state index in [-0.39, 0.29) is 19.4 Å². The number of carbonyl (C=O) groups is 2. The van der Waals surface area contributed by atoms with E-state index in [4.69, 9.17) is 14.2 Å². The van der Waals surface area contributed by atoms with E-state index in [1.807, 2.05) is 18.2 Å². The van der Waals surface area contributed by atoms with Crippen molar-refractivity contribution in [3.63, 3.8) is 0 Å². The summed E-state index contributed by atoms with van der Waals surface area (Å²) < 4.78 is 17.6. The Balaban J connectivity index is 2.64. The Hall–Kier alpha value is -3.68. The van der Waals surface area contributed by atoms with Crippen molar-refractivity contribution in [1.82, 2.24) is 5.32 Å². The molecule has 0 aromatic heterocycles. The predicted octanol–water partition coefficient (Wildman–Crippen LogP) is 16.1. The third-order valence-electron chi connectivity index (χ3n) is 14.7. The molecule has 0 saturated carbocycles. The van der Waals surface area contributed by atoms with Crippen molar-refractivity contribution in [1.29, 1.82) is 0 Å². The van der Waals surface area contributed by atoms with Crippen LogP contribution >= 0.6 is 0 Å². The summed E-state index contributed by atoms with van der Waals surface area (Å²) in [6.45, 7) is 5.68. The van der Waals surface area contributed by atoms with Gasteiger partial charge in [-0.25, -0.2) is 0 Å². The molecule has 1 fully saturated rings. The lowest BCUT2D eigenvalue weighted by atomic mass is 9.99. The van der Waals surface area contributed by atoms with Crippen LogP contribution in [0.2, 0.25) is 0 Å². The van der Waals surface area contributed by atoms with Gasteiger partial charge in [-0.3, -0.25) is 9.59 Å². The van der Waals surface area contributed by atoms with Crippen molar-refractivity contribution >= 4 is 11.9 Å². The average Bonchev–Trinajstić information content (AvgIpc) is 3.52. The quantitative estimate of drug-likeness (QED) is 0.0195. The van der Waals surface area contributed by atoms with Crippen LogP contribution in [-0.2, 0) is 23.8 Å². The normalized spacial score (nSPS) is 19.4. The summed E-state index contributed by atoms with van der Waals surface area (Å²) in [6, 6.07) is -1.06. The molecule has 0 bridgehead atoms. The van der Waals surface area contributed by atoms with Crippen molar-refractivity contribution in [2.24, 2.45) is 0 Å². The third-order valence-corrected chi connectivity index (χ3v) is 14.7. The SMILES string of the molecule is CCCCC/C=C\C/C=C\C/C=C\C/C=C\CCCCCCCCCCCC(=O)OC1C(OCC(NC(=O)C(O)CC/C=C\C/C=C\C/C=C\C/C=C\CCCCC)C(O)/C=C/CCCCCCCCCCC)OC(CO)C(O)C1O. The first-order chi connectivity index (χ1) is 39.7. The fraction of sp³-hybridized carbons (Fsp3) is 0.714. The largest absolute Gasteiger partial charge is 0.454 e. The minimum absolute atomic E-state index is 0.104. The zero-order valence-electron chi connectivity index (χ0n) is 51.4. The predicted molar refractivity (Wildman–Crippen MR) is 338 cm³/mol. The Morgan fingerprint density at radius 3 is 1.30 bits per heavy atom. The first-order valence-corrected chi connectivity index (χ1v) is 32.7. The number of amides is 1. The highest BCUT2D eigenvalue weighted by Crippen LogP contribution is 2.26. The minimum Gasteiger partial charge on any atom is -0.454 e. The number of ether oxygens (including phenoxy) is 3. The fourth-order valence-electron chi connectivity index (χ4n) is 9.45. The molecule has 6 N–H and O–H groups in total. The van der Waals surface area contributed by atoms with Crippen LogP contribution in [0, 0.1) is 0 Å². The van der Waals surface area contributed by atoms with Gasteiger partial charge in [0.2, 0.25) is 5.91 Å². The molecule has 11 nitrogen and oxygen atoms in total. The number of aliphatic hydroxyl groups is 5. The molecule has 0 aliphatic carbocycles. The molecular weight excluding hydrogens is 1010 g/mol. The summed E-state index contributed by atoms with van der Waals surface area (Å²) in [6.07, 6.45) is 67.1. The summed E-state index contributed by atoms with van der Waals surface area (Å²) in [7, 11) is 0.